The number of hydrogen-bond donors (Lipinski definition) is 2. The number of rotatable bonds is 2. The number of aryl methyl sites for hydroxylation is 2. The van der Waals surface area contributed by atoms with Gasteiger partial charge in [0.05, 0.1) is 17.4 Å². The summed E-state index contributed by atoms with van der Waals surface area (Å²) in [4.78, 5) is 13.1. The zero-order valence-corrected chi connectivity index (χ0v) is 17.1. The number of benzene rings is 2. The highest BCUT2D eigenvalue weighted by Gasteiger charge is 2.37. The summed E-state index contributed by atoms with van der Waals surface area (Å²) in [6.07, 6.45) is 5.67. The Morgan fingerprint density at radius 1 is 1.00 bits per heavy atom. The molecule has 1 atom stereocenters. The summed E-state index contributed by atoms with van der Waals surface area (Å²) < 4.78 is 0. The molecule has 0 bridgehead atoms. The molecule has 0 aromatic heterocycles. The molecule has 4 rings (SSSR count). The van der Waals surface area contributed by atoms with Crippen molar-refractivity contribution in [1.29, 1.82) is 0 Å². The highest BCUT2D eigenvalue weighted by atomic mass is 16.1. The van der Waals surface area contributed by atoms with Crippen molar-refractivity contribution in [2.24, 2.45) is 5.41 Å². The van der Waals surface area contributed by atoms with Crippen LogP contribution >= 0.6 is 0 Å². The van der Waals surface area contributed by atoms with Gasteiger partial charge in [-0.25, -0.2) is 0 Å². The van der Waals surface area contributed by atoms with Gasteiger partial charge in [0, 0.05) is 17.7 Å². The molecule has 1 aliphatic carbocycles. The first-order valence-corrected chi connectivity index (χ1v) is 9.97. The molecule has 0 spiro atoms. The lowest BCUT2D eigenvalue weighted by Crippen LogP contribution is -2.34. The number of nitrogens with one attached hydrogen (secondary N) is 2. The molecule has 144 valence electrons. The van der Waals surface area contributed by atoms with Gasteiger partial charge in [-0.3, -0.25) is 4.79 Å². The topological polar surface area (TPSA) is 41.1 Å². The van der Waals surface area contributed by atoms with Crippen molar-refractivity contribution in [2.75, 3.05) is 10.6 Å². The van der Waals surface area contributed by atoms with Crippen molar-refractivity contribution in [2.45, 2.75) is 46.6 Å². The second-order valence-electron chi connectivity index (χ2n) is 8.83. The fourth-order valence-electron chi connectivity index (χ4n) is 4.16. The van der Waals surface area contributed by atoms with Crippen molar-refractivity contribution in [3.63, 3.8) is 0 Å². The molecule has 0 saturated heterocycles. The zero-order chi connectivity index (χ0) is 19.9. The summed E-state index contributed by atoms with van der Waals surface area (Å²) in [5.41, 5.74) is 7.62. The van der Waals surface area contributed by atoms with Crippen LogP contribution in [0, 0.1) is 19.3 Å². The van der Waals surface area contributed by atoms with Gasteiger partial charge in [-0.05, 0) is 54.5 Å². The number of carbonyl (C=O) groups is 1. The minimum absolute atomic E-state index is 0.0269. The predicted octanol–water partition coefficient (Wildman–Crippen LogP) is 5.87. The molecule has 2 aromatic carbocycles. The molecule has 2 N–H and O–H groups in total. The van der Waals surface area contributed by atoms with Gasteiger partial charge in [-0.2, -0.15) is 0 Å². The largest absolute Gasteiger partial charge is 0.373 e. The third-order valence-corrected chi connectivity index (χ3v) is 5.74. The van der Waals surface area contributed by atoms with E-state index in [-0.39, 0.29) is 17.2 Å². The van der Waals surface area contributed by atoms with E-state index < -0.39 is 0 Å². The maximum atomic E-state index is 13.1. The first-order chi connectivity index (χ1) is 13.3. The fourth-order valence-corrected chi connectivity index (χ4v) is 4.16. The molecule has 0 amide bonds. The van der Waals surface area contributed by atoms with Crippen molar-refractivity contribution >= 4 is 23.2 Å². The molecule has 3 heteroatoms. The highest BCUT2D eigenvalue weighted by Crippen LogP contribution is 2.42. The van der Waals surface area contributed by atoms with E-state index in [4.69, 9.17) is 0 Å². The molecule has 1 aliphatic heterocycles. The van der Waals surface area contributed by atoms with Gasteiger partial charge in [0.2, 0.25) is 0 Å². The van der Waals surface area contributed by atoms with E-state index >= 15 is 0 Å². The van der Waals surface area contributed by atoms with Gasteiger partial charge in [0.25, 0.3) is 0 Å². The number of Topliss-reactive ketones (excluding diaryl/α,β-unsaturated/α-hetero) is 1. The monoisotopic (exact) mass is 372 g/mol. The Balaban J connectivity index is 1.80. The lowest BCUT2D eigenvalue weighted by atomic mass is 9.74. The number of fused-ring (bicyclic) bond motifs is 1. The first kappa shape index (κ1) is 18.5. The van der Waals surface area contributed by atoms with E-state index in [2.05, 4.69) is 74.7 Å². The van der Waals surface area contributed by atoms with Crippen LogP contribution in [0.15, 0.2) is 59.8 Å². The molecular weight excluding hydrogens is 344 g/mol. The Morgan fingerprint density at radius 3 is 2.39 bits per heavy atom. The second-order valence-corrected chi connectivity index (χ2v) is 8.83. The van der Waals surface area contributed by atoms with E-state index in [0.29, 0.717) is 6.42 Å². The summed E-state index contributed by atoms with van der Waals surface area (Å²) in [5, 5.41) is 7.23. The van der Waals surface area contributed by atoms with Crippen LogP contribution in [0.5, 0.6) is 0 Å². The quantitative estimate of drug-likeness (QED) is 0.693. The van der Waals surface area contributed by atoms with Crippen LogP contribution in [-0.4, -0.2) is 11.8 Å². The van der Waals surface area contributed by atoms with Crippen LogP contribution in [0.25, 0.3) is 6.08 Å². The molecule has 0 saturated carbocycles. The summed E-state index contributed by atoms with van der Waals surface area (Å²) in [6, 6.07) is 14.4. The summed E-state index contributed by atoms with van der Waals surface area (Å²) in [7, 11) is 0. The SMILES string of the molecule is Cc1cc2c(cc1C)N[C@H](/C=C/c1ccccc1)C1=C(CC(C)(C)CC1=O)N2. The lowest BCUT2D eigenvalue weighted by Gasteiger charge is -2.33. The van der Waals surface area contributed by atoms with E-state index in [0.717, 1.165) is 34.6 Å². The minimum Gasteiger partial charge on any atom is -0.373 e. The third-order valence-electron chi connectivity index (χ3n) is 5.74. The van der Waals surface area contributed by atoms with Gasteiger partial charge in [0.15, 0.2) is 5.78 Å². The highest BCUT2D eigenvalue weighted by molar-refractivity contribution is 6.01. The molecule has 1 heterocycles. The van der Waals surface area contributed by atoms with Gasteiger partial charge < -0.3 is 10.6 Å². The lowest BCUT2D eigenvalue weighted by molar-refractivity contribution is -0.118. The van der Waals surface area contributed by atoms with E-state index in [1.54, 1.807) is 0 Å². The van der Waals surface area contributed by atoms with Crippen LogP contribution in [0.3, 0.4) is 0 Å². The van der Waals surface area contributed by atoms with Crippen LogP contribution in [0.4, 0.5) is 11.4 Å². The molecule has 2 aromatic rings. The molecule has 3 nitrogen and oxygen atoms in total. The number of carbonyl (C=O) groups excluding carboxylic acids is 1. The Bertz CT molecular complexity index is 983. The zero-order valence-electron chi connectivity index (χ0n) is 17.1. The van der Waals surface area contributed by atoms with Crippen LogP contribution in [-0.2, 0) is 4.79 Å². The van der Waals surface area contributed by atoms with Crippen LogP contribution < -0.4 is 10.6 Å². The number of allylic oxidation sites excluding steroid dienone is 1. The molecule has 0 fully saturated rings. The Morgan fingerprint density at radius 2 is 1.68 bits per heavy atom. The van der Waals surface area contributed by atoms with E-state index in [9.17, 15) is 4.79 Å². The van der Waals surface area contributed by atoms with Gasteiger partial charge in [0.1, 0.15) is 0 Å². The number of hydrogen-bond acceptors (Lipinski definition) is 3. The number of anilines is 2. The maximum absolute atomic E-state index is 13.1. The minimum atomic E-state index is -0.144. The second kappa shape index (κ2) is 6.97. The van der Waals surface area contributed by atoms with Crippen molar-refractivity contribution in [3.8, 4) is 0 Å². The summed E-state index contributed by atoms with van der Waals surface area (Å²) >= 11 is 0. The van der Waals surface area contributed by atoms with Gasteiger partial charge in [-0.15, -0.1) is 0 Å². The molecule has 0 unspecified atom stereocenters. The molecule has 28 heavy (non-hydrogen) atoms. The maximum Gasteiger partial charge on any atom is 0.163 e. The summed E-state index contributed by atoms with van der Waals surface area (Å²) in [5.74, 6) is 0.232. The van der Waals surface area contributed by atoms with Crippen molar-refractivity contribution < 1.29 is 4.79 Å². The predicted molar refractivity (Wildman–Crippen MR) is 117 cm³/mol. The van der Waals surface area contributed by atoms with Crippen molar-refractivity contribution in [1.82, 2.24) is 0 Å². The molecular formula is C25H28N2O. The average molecular weight is 373 g/mol. The smallest absolute Gasteiger partial charge is 0.163 e. The van der Waals surface area contributed by atoms with Crippen LogP contribution in [0.1, 0.15) is 43.4 Å². The normalized spacial score (nSPS) is 20.9. The van der Waals surface area contributed by atoms with Gasteiger partial charge in [-0.1, -0.05) is 56.3 Å². The first-order valence-electron chi connectivity index (χ1n) is 9.97. The average Bonchev–Trinajstić information content (AvgIpc) is 2.76. The molecule has 0 radical (unpaired) electrons. The van der Waals surface area contributed by atoms with Gasteiger partial charge >= 0.3 is 0 Å². The Labute approximate surface area is 167 Å². The Hall–Kier alpha value is -2.81. The van der Waals surface area contributed by atoms with E-state index in [1.165, 1.54) is 11.1 Å². The fraction of sp³-hybridized carbons (Fsp3) is 0.320. The van der Waals surface area contributed by atoms with E-state index in [1.807, 2.05) is 18.2 Å². The summed E-state index contributed by atoms with van der Waals surface area (Å²) in [6.45, 7) is 8.59. The third kappa shape index (κ3) is 3.62. The molecule has 2 aliphatic rings. The Kier molecular flexibility index (Phi) is 4.62. The van der Waals surface area contributed by atoms with Crippen molar-refractivity contribution in [3.05, 3.63) is 76.5 Å². The number of ketones is 1. The van der Waals surface area contributed by atoms with Crippen LogP contribution in [0.2, 0.25) is 0 Å². The standard InChI is InChI=1S/C25H28N2O/c1-16-12-20-21(13-17(16)2)27-22-14-25(3,4)15-23(28)24(22)19(26-20)11-10-18-8-6-5-7-9-18/h5-13,19,26-27H,14-15H2,1-4H3/b11-10+/t19-/m1/s1.